The van der Waals surface area contributed by atoms with Gasteiger partial charge in [0.15, 0.2) is 5.82 Å². The van der Waals surface area contributed by atoms with Gasteiger partial charge in [0.05, 0.1) is 5.25 Å². The second-order valence-corrected chi connectivity index (χ2v) is 8.30. The van der Waals surface area contributed by atoms with E-state index in [0.717, 1.165) is 22.4 Å². The number of hydrogen-bond acceptors (Lipinski definition) is 4. The molecule has 6 heteroatoms. The van der Waals surface area contributed by atoms with Crippen molar-refractivity contribution in [3.8, 4) is 22.5 Å². The summed E-state index contributed by atoms with van der Waals surface area (Å²) in [5.41, 5.74) is 4.99. The maximum atomic E-state index is 12.8. The minimum atomic E-state index is -0.351. The number of rotatable bonds is 6. The zero-order valence-electron chi connectivity index (χ0n) is 16.8. The quantitative estimate of drug-likeness (QED) is 0.405. The average Bonchev–Trinajstić information content (AvgIpc) is 3.23. The van der Waals surface area contributed by atoms with Gasteiger partial charge in [-0.2, -0.15) is 0 Å². The molecule has 0 radical (unpaired) electrons. The molecule has 3 aromatic carbocycles. The molecule has 4 rings (SSSR count). The van der Waals surface area contributed by atoms with E-state index in [1.54, 1.807) is 0 Å². The lowest BCUT2D eigenvalue weighted by molar-refractivity contribution is -0.115. The summed E-state index contributed by atoms with van der Waals surface area (Å²) in [4.78, 5) is 17.3. The van der Waals surface area contributed by atoms with Gasteiger partial charge in [0, 0.05) is 16.8 Å². The van der Waals surface area contributed by atoms with Crippen molar-refractivity contribution < 1.29 is 4.79 Å². The Morgan fingerprint density at radius 1 is 0.933 bits per heavy atom. The van der Waals surface area contributed by atoms with E-state index in [1.807, 2.05) is 92.7 Å². The highest BCUT2D eigenvalue weighted by Gasteiger charge is 2.19. The maximum absolute atomic E-state index is 12.8. The van der Waals surface area contributed by atoms with Crippen molar-refractivity contribution in [1.29, 1.82) is 0 Å². The molecule has 1 aromatic heterocycles. The third kappa shape index (κ3) is 4.60. The van der Waals surface area contributed by atoms with Crippen molar-refractivity contribution in [1.82, 2.24) is 15.2 Å². The van der Waals surface area contributed by atoms with Crippen LogP contribution in [0.5, 0.6) is 0 Å². The monoisotopic (exact) mass is 414 g/mol. The van der Waals surface area contributed by atoms with Crippen LogP contribution < -0.4 is 5.32 Å². The highest BCUT2D eigenvalue weighted by Crippen LogP contribution is 2.29. The summed E-state index contributed by atoms with van der Waals surface area (Å²) >= 11 is 1.33. The van der Waals surface area contributed by atoms with Gasteiger partial charge in [0.1, 0.15) is 0 Å². The molecule has 0 unspecified atom stereocenters. The number of hydrogen-bond donors (Lipinski definition) is 2. The van der Waals surface area contributed by atoms with Crippen molar-refractivity contribution >= 4 is 23.4 Å². The van der Waals surface area contributed by atoms with Crippen LogP contribution >= 0.6 is 11.8 Å². The van der Waals surface area contributed by atoms with Crippen molar-refractivity contribution in [2.45, 2.75) is 24.3 Å². The molecule has 30 heavy (non-hydrogen) atoms. The number of thioether (sulfide) groups is 1. The van der Waals surface area contributed by atoms with Crippen LogP contribution in [0.15, 0.2) is 84.0 Å². The van der Waals surface area contributed by atoms with Gasteiger partial charge in [-0.15, -0.1) is 5.10 Å². The summed E-state index contributed by atoms with van der Waals surface area (Å²) in [5, 5.41) is 10.5. The van der Waals surface area contributed by atoms with Crippen molar-refractivity contribution in [3.05, 3.63) is 84.4 Å². The molecule has 1 atom stereocenters. The number of para-hydroxylation sites is 1. The fourth-order valence-corrected chi connectivity index (χ4v) is 3.77. The predicted octanol–water partition coefficient (Wildman–Crippen LogP) is 5.57. The highest BCUT2D eigenvalue weighted by molar-refractivity contribution is 8.00. The number of carbonyl (C=O) groups is 1. The molecule has 5 nitrogen and oxygen atoms in total. The molecule has 0 fully saturated rings. The van der Waals surface area contributed by atoms with Crippen LogP contribution in [-0.2, 0) is 4.79 Å². The van der Waals surface area contributed by atoms with Gasteiger partial charge in [0.2, 0.25) is 11.1 Å². The summed E-state index contributed by atoms with van der Waals surface area (Å²) in [5.74, 6) is 0.601. The minimum Gasteiger partial charge on any atom is -0.325 e. The lowest BCUT2D eigenvalue weighted by atomic mass is 10.0. The number of aryl methyl sites for hydroxylation is 1. The topological polar surface area (TPSA) is 70.7 Å². The summed E-state index contributed by atoms with van der Waals surface area (Å²) < 4.78 is 0. The predicted molar refractivity (Wildman–Crippen MR) is 122 cm³/mol. The molecule has 0 aliphatic rings. The number of carbonyl (C=O) groups excluding carboxylic acids is 1. The first-order valence-corrected chi connectivity index (χ1v) is 10.6. The van der Waals surface area contributed by atoms with Crippen LogP contribution in [0.2, 0.25) is 0 Å². The molecule has 0 aliphatic heterocycles. The fourth-order valence-electron chi connectivity index (χ4n) is 3.05. The number of nitrogens with one attached hydrogen (secondary N) is 2. The molecule has 150 valence electrons. The second-order valence-electron chi connectivity index (χ2n) is 6.99. The molecule has 4 aromatic rings. The maximum Gasteiger partial charge on any atom is 0.237 e. The Morgan fingerprint density at radius 2 is 1.63 bits per heavy atom. The first kappa shape index (κ1) is 19.9. The van der Waals surface area contributed by atoms with Gasteiger partial charge in [-0.3, -0.25) is 9.89 Å². The molecular weight excluding hydrogens is 392 g/mol. The molecule has 1 amide bonds. The zero-order chi connectivity index (χ0) is 20.9. The van der Waals surface area contributed by atoms with E-state index >= 15 is 0 Å². The summed E-state index contributed by atoms with van der Waals surface area (Å²) in [6, 6.07) is 25.9. The lowest BCUT2D eigenvalue weighted by Crippen LogP contribution is -2.22. The van der Waals surface area contributed by atoms with Crippen LogP contribution in [0.1, 0.15) is 12.5 Å². The van der Waals surface area contributed by atoms with Crippen molar-refractivity contribution in [2.75, 3.05) is 5.32 Å². The van der Waals surface area contributed by atoms with Gasteiger partial charge in [-0.1, -0.05) is 90.1 Å². The standard InChI is InChI=1S/C24H22N4OS/c1-16-12-14-19(15-13-16)22-26-24(28-27-22)30-17(2)23(29)25-21-11-7-6-10-20(21)18-8-4-3-5-9-18/h3-15,17H,1-2H3,(H,25,29)(H,26,27,28)/t17-/m0/s1. The largest absolute Gasteiger partial charge is 0.325 e. The lowest BCUT2D eigenvalue weighted by Gasteiger charge is -2.14. The van der Waals surface area contributed by atoms with Crippen LogP contribution in [0.4, 0.5) is 5.69 Å². The summed E-state index contributed by atoms with van der Waals surface area (Å²) in [6.07, 6.45) is 0. The Kier molecular flexibility index (Phi) is 5.95. The number of anilines is 1. The average molecular weight is 415 g/mol. The van der Waals surface area contributed by atoms with E-state index < -0.39 is 0 Å². The molecule has 0 saturated heterocycles. The molecule has 1 heterocycles. The Morgan fingerprint density at radius 3 is 2.40 bits per heavy atom. The van der Waals surface area contributed by atoms with Crippen molar-refractivity contribution in [3.63, 3.8) is 0 Å². The number of H-pyrrole nitrogens is 1. The molecule has 0 saturated carbocycles. The van der Waals surface area contributed by atoms with E-state index in [2.05, 4.69) is 20.5 Å². The smallest absolute Gasteiger partial charge is 0.237 e. The third-order valence-electron chi connectivity index (χ3n) is 4.71. The van der Waals surface area contributed by atoms with Gasteiger partial charge >= 0.3 is 0 Å². The normalized spacial score (nSPS) is 11.8. The first-order chi connectivity index (χ1) is 14.6. The molecular formula is C24H22N4OS. The SMILES string of the molecule is Cc1ccc(-c2nc(S[C@@H](C)C(=O)Nc3ccccc3-c3ccccc3)n[nH]2)cc1. The Bertz CT molecular complexity index is 1140. The van der Waals surface area contributed by atoms with Gasteiger partial charge in [-0.25, -0.2) is 4.98 Å². The number of aromatic nitrogens is 3. The zero-order valence-corrected chi connectivity index (χ0v) is 17.6. The summed E-state index contributed by atoms with van der Waals surface area (Å²) in [6.45, 7) is 3.90. The van der Waals surface area contributed by atoms with E-state index in [1.165, 1.54) is 17.3 Å². The number of benzene rings is 3. The third-order valence-corrected chi connectivity index (χ3v) is 5.67. The van der Waals surface area contributed by atoms with Gasteiger partial charge in [-0.05, 0) is 25.5 Å². The summed E-state index contributed by atoms with van der Waals surface area (Å²) in [7, 11) is 0. The Labute approximate surface area is 180 Å². The second kappa shape index (κ2) is 8.97. The molecule has 0 bridgehead atoms. The van der Waals surface area contributed by atoms with Crippen molar-refractivity contribution in [2.24, 2.45) is 0 Å². The van der Waals surface area contributed by atoms with E-state index in [-0.39, 0.29) is 11.2 Å². The van der Waals surface area contributed by atoms with E-state index in [4.69, 9.17) is 0 Å². The molecule has 0 spiro atoms. The number of aromatic amines is 1. The first-order valence-electron chi connectivity index (χ1n) is 9.71. The van der Waals surface area contributed by atoms with Crippen LogP contribution in [0.3, 0.4) is 0 Å². The number of nitrogens with zero attached hydrogens (tertiary/aromatic N) is 2. The van der Waals surface area contributed by atoms with Gasteiger partial charge in [0.25, 0.3) is 0 Å². The van der Waals surface area contributed by atoms with E-state index in [0.29, 0.717) is 11.0 Å². The number of amides is 1. The molecule has 2 N–H and O–H groups in total. The van der Waals surface area contributed by atoms with Crippen LogP contribution in [0, 0.1) is 6.92 Å². The fraction of sp³-hybridized carbons (Fsp3) is 0.125. The molecule has 0 aliphatic carbocycles. The Hall–Kier alpha value is -3.38. The van der Waals surface area contributed by atoms with Gasteiger partial charge < -0.3 is 5.32 Å². The Balaban J connectivity index is 1.45. The van der Waals surface area contributed by atoms with Crippen LogP contribution in [0.25, 0.3) is 22.5 Å². The van der Waals surface area contributed by atoms with Crippen LogP contribution in [-0.4, -0.2) is 26.3 Å². The highest BCUT2D eigenvalue weighted by atomic mass is 32.2. The van der Waals surface area contributed by atoms with E-state index in [9.17, 15) is 4.79 Å². The minimum absolute atomic E-state index is 0.0925.